The Morgan fingerprint density at radius 1 is 1.29 bits per heavy atom. The second-order valence-electron chi connectivity index (χ2n) is 3.14. The zero-order chi connectivity index (χ0) is 12.7. The predicted molar refractivity (Wildman–Crippen MR) is 68.3 cm³/mol. The molecule has 0 radical (unpaired) electrons. The molecule has 0 bridgehead atoms. The van der Waals surface area contributed by atoms with E-state index in [1.165, 1.54) is 0 Å². The quantitative estimate of drug-likeness (QED) is 0.598. The molecule has 0 aliphatic rings. The summed E-state index contributed by atoms with van der Waals surface area (Å²) < 4.78 is 10.3. The maximum atomic E-state index is 11.0. The molecule has 0 amide bonds. The van der Waals surface area contributed by atoms with Crippen molar-refractivity contribution in [3.8, 4) is 5.75 Å². The number of alkyl halides is 2. The van der Waals surface area contributed by atoms with Crippen LogP contribution >= 0.6 is 34.8 Å². The van der Waals surface area contributed by atoms with E-state index in [4.69, 9.17) is 44.3 Å². The van der Waals surface area contributed by atoms with Gasteiger partial charge in [0.1, 0.15) is 24.3 Å². The van der Waals surface area contributed by atoms with Crippen LogP contribution in [0.25, 0.3) is 0 Å². The molecule has 0 aliphatic carbocycles. The lowest BCUT2D eigenvalue weighted by molar-refractivity contribution is -0.146. The Morgan fingerprint density at radius 2 is 2.00 bits per heavy atom. The summed E-state index contributed by atoms with van der Waals surface area (Å²) in [5.41, 5.74) is 0. The fraction of sp³-hybridized carbons (Fsp3) is 0.364. The van der Waals surface area contributed by atoms with Gasteiger partial charge in [0.2, 0.25) is 0 Å². The Kier molecular flexibility index (Phi) is 6.48. The van der Waals surface area contributed by atoms with Gasteiger partial charge >= 0.3 is 5.97 Å². The first-order chi connectivity index (χ1) is 8.17. The molecule has 94 valence electrons. The van der Waals surface area contributed by atoms with Crippen molar-refractivity contribution >= 4 is 40.8 Å². The summed E-state index contributed by atoms with van der Waals surface area (Å²) in [6.07, 6.45) is -0.542. The van der Waals surface area contributed by atoms with Crippen LogP contribution in [0.4, 0.5) is 0 Å². The number of benzene rings is 1. The van der Waals surface area contributed by atoms with E-state index in [0.717, 1.165) is 0 Å². The van der Waals surface area contributed by atoms with Gasteiger partial charge in [0.25, 0.3) is 0 Å². The fourth-order valence-corrected chi connectivity index (χ4v) is 1.48. The molecular formula is C11H11Cl3O3. The van der Waals surface area contributed by atoms with E-state index in [-0.39, 0.29) is 18.4 Å². The van der Waals surface area contributed by atoms with Crippen molar-refractivity contribution in [1.82, 2.24) is 0 Å². The second kappa shape index (κ2) is 7.64. The molecule has 0 saturated heterocycles. The average molecular weight is 298 g/mol. The minimum atomic E-state index is -0.542. The molecule has 3 nitrogen and oxygen atoms in total. The van der Waals surface area contributed by atoms with E-state index in [1.807, 2.05) is 0 Å². The van der Waals surface area contributed by atoms with Crippen molar-refractivity contribution in [2.75, 3.05) is 18.4 Å². The number of esters is 1. The van der Waals surface area contributed by atoms with E-state index in [0.29, 0.717) is 10.8 Å². The number of carbonyl (C=O) groups excluding carboxylic acids is 1. The van der Waals surface area contributed by atoms with Crippen LogP contribution in [0.1, 0.15) is 0 Å². The third-order valence-electron chi connectivity index (χ3n) is 1.84. The van der Waals surface area contributed by atoms with Crippen molar-refractivity contribution in [2.45, 2.75) is 6.10 Å². The van der Waals surface area contributed by atoms with Gasteiger partial charge in [0.15, 0.2) is 0 Å². The van der Waals surface area contributed by atoms with E-state index < -0.39 is 12.1 Å². The monoisotopic (exact) mass is 296 g/mol. The van der Waals surface area contributed by atoms with Crippen molar-refractivity contribution in [2.24, 2.45) is 0 Å². The van der Waals surface area contributed by atoms with Gasteiger partial charge in [-0.2, -0.15) is 0 Å². The summed E-state index contributed by atoms with van der Waals surface area (Å²) in [5, 5.41) is 0.490. The molecule has 1 aromatic carbocycles. The number of para-hydroxylation sites is 1. The van der Waals surface area contributed by atoms with Crippen LogP contribution in [0.2, 0.25) is 5.02 Å². The predicted octanol–water partition coefficient (Wildman–Crippen LogP) is 3.11. The molecule has 1 aromatic rings. The third-order valence-corrected chi connectivity index (χ3v) is 2.72. The van der Waals surface area contributed by atoms with Crippen LogP contribution in [0.3, 0.4) is 0 Å². The lowest BCUT2D eigenvalue weighted by Crippen LogP contribution is -2.27. The van der Waals surface area contributed by atoms with E-state index >= 15 is 0 Å². The maximum Gasteiger partial charge on any atom is 0.321 e. The summed E-state index contributed by atoms with van der Waals surface area (Å²) in [5.74, 6) is -0.0849. The minimum Gasteiger partial charge on any atom is -0.488 e. The molecule has 1 rings (SSSR count). The number of ether oxygens (including phenoxy) is 2. The highest BCUT2D eigenvalue weighted by atomic mass is 35.5. The zero-order valence-electron chi connectivity index (χ0n) is 8.87. The molecule has 0 fully saturated rings. The molecule has 0 aromatic heterocycles. The van der Waals surface area contributed by atoms with Gasteiger partial charge in [0, 0.05) is 0 Å². The maximum absolute atomic E-state index is 11.0. The first kappa shape index (κ1) is 14.4. The highest BCUT2D eigenvalue weighted by Gasteiger charge is 2.14. The lowest BCUT2D eigenvalue weighted by atomic mass is 10.3. The van der Waals surface area contributed by atoms with Gasteiger partial charge in [-0.25, -0.2) is 0 Å². The third kappa shape index (κ3) is 5.02. The molecule has 1 unspecified atom stereocenters. The minimum absolute atomic E-state index is 0.132. The van der Waals surface area contributed by atoms with Crippen LogP contribution in [-0.4, -0.2) is 30.4 Å². The fourth-order valence-electron chi connectivity index (χ4n) is 1.07. The average Bonchev–Trinajstić information content (AvgIpc) is 2.35. The van der Waals surface area contributed by atoms with Crippen molar-refractivity contribution in [1.29, 1.82) is 0 Å². The summed E-state index contributed by atoms with van der Waals surface area (Å²) in [4.78, 5) is 11.0. The Morgan fingerprint density at radius 3 is 2.59 bits per heavy atom. The molecule has 0 saturated carbocycles. The van der Waals surface area contributed by atoms with Crippen molar-refractivity contribution in [3.63, 3.8) is 0 Å². The largest absolute Gasteiger partial charge is 0.488 e. The van der Waals surface area contributed by atoms with Crippen molar-refractivity contribution < 1.29 is 14.3 Å². The number of rotatable bonds is 6. The SMILES string of the molecule is O=C(CCl)OC(CCl)COc1ccccc1Cl. The standard InChI is InChI=1S/C11H11Cl3O3/c12-5-8(17-11(15)6-13)7-16-10-4-2-1-3-9(10)14/h1-4,8H,5-7H2. The van der Waals surface area contributed by atoms with Gasteiger partial charge in [-0.15, -0.1) is 23.2 Å². The lowest BCUT2D eigenvalue weighted by Gasteiger charge is -2.16. The van der Waals surface area contributed by atoms with Crippen LogP contribution in [0, 0.1) is 0 Å². The summed E-state index contributed by atoms with van der Waals surface area (Å²) in [6.45, 7) is 0.135. The molecule has 0 heterocycles. The van der Waals surface area contributed by atoms with Gasteiger partial charge in [0.05, 0.1) is 10.9 Å². The molecule has 17 heavy (non-hydrogen) atoms. The highest BCUT2D eigenvalue weighted by molar-refractivity contribution is 6.32. The highest BCUT2D eigenvalue weighted by Crippen LogP contribution is 2.23. The Balaban J connectivity index is 2.48. The van der Waals surface area contributed by atoms with Gasteiger partial charge in [-0.1, -0.05) is 23.7 Å². The topological polar surface area (TPSA) is 35.5 Å². The number of hydrogen-bond acceptors (Lipinski definition) is 3. The Hall–Kier alpha value is -0.640. The first-order valence-corrected chi connectivity index (χ1v) is 6.30. The van der Waals surface area contributed by atoms with Crippen LogP contribution in [0.15, 0.2) is 24.3 Å². The molecule has 6 heteroatoms. The smallest absolute Gasteiger partial charge is 0.321 e. The molecule has 1 atom stereocenters. The van der Waals surface area contributed by atoms with Gasteiger partial charge in [-0.3, -0.25) is 4.79 Å². The van der Waals surface area contributed by atoms with Crippen LogP contribution in [-0.2, 0) is 9.53 Å². The van der Waals surface area contributed by atoms with Gasteiger partial charge < -0.3 is 9.47 Å². The summed E-state index contributed by atoms with van der Waals surface area (Å²) >= 11 is 16.9. The summed E-state index contributed by atoms with van der Waals surface area (Å²) in [6, 6.07) is 7.01. The van der Waals surface area contributed by atoms with Crippen LogP contribution < -0.4 is 4.74 Å². The molecule has 0 spiro atoms. The number of hydrogen-bond donors (Lipinski definition) is 0. The Bertz CT molecular complexity index is 371. The zero-order valence-corrected chi connectivity index (χ0v) is 11.1. The van der Waals surface area contributed by atoms with Gasteiger partial charge in [-0.05, 0) is 12.1 Å². The number of halogens is 3. The van der Waals surface area contributed by atoms with E-state index in [2.05, 4.69) is 0 Å². The number of carbonyl (C=O) groups is 1. The van der Waals surface area contributed by atoms with E-state index in [1.54, 1.807) is 24.3 Å². The first-order valence-electron chi connectivity index (χ1n) is 4.86. The molecule has 0 N–H and O–H groups in total. The van der Waals surface area contributed by atoms with Crippen molar-refractivity contribution in [3.05, 3.63) is 29.3 Å². The second-order valence-corrected chi connectivity index (χ2v) is 4.12. The van der Waals surface area contributed by atoms with Crippen LogP contribution in [0.5, 0.6) is 5.75 Å². The normalized spacial score (nSPS) is 11.9. The van der Waals surface area contributed by atoms with E-state index in [9.17, 15) is 4.79 Å². The molecular weight excluding hydrogens is 286 g/mol. The Labute approximate surface area is 115 Å². The summed E-state index contributed by atoms with van der Waals surface area (Å²) in [7, 11) is 0. The molecule has 0 aliphatic heterocycles.